The number of rotatable bonds is 5. The highest BCUT2D eigenvalue weighted by Crippen LogP contribution is 2.49. The molecule has 2 aromatic carbocycles. The van der Waals surface area contributed by atoms with Gasteiger partial charge in [0.25, 0.3) is 0 Å². The number of likely N-dealkylation sites (tertiary alicyclic amines) is 1. The van der Waals surface area contributed by atoms with E-state index >= 15 is 0 Å². The molecule has 2 amide bonds. The van der Waals surface area contributed by atoms with Crippen LogP contribution in [0.25, 0.3) is 0 Å². The van der Waals surface area contributed by atoms with Crippen molar-refractivity contribution >= 4 is 17.7 Å². The summed E-state index contributed by atoms with van der Waals surface area (Å²) in [6.45, 7) is 1.03. The lowest BCUT2D eigenvalue weighted by Gasteiger charge is -2.45. The summed E-state index contributed by atoms with van der Waals surface area (Å²) in [5.41, 5.74) is 2.47. The maximum absolute atomic E-state index is 12.6. The molecular formula is C27H31F3N4O5. The molecule has 0 bridgehead atoms. The Morgan fingerprint density at radius 3 is 2.44 bits per heavy atom. The van der Waals surface area contributed by atoms with Gasteiger partial charge in [0.05, 0.1) is 25.9 Å². The van der Waals surface area contributed by atoms with Crippen LogP contribution in [0.5, 0.6) is 11.5 Å². The number of carboxylic acids is 1. The Hall–Kier alpha value is -3.98. The van der Waals surface area contributed by atoms with Crippen molar-refractivity contribution in [1.82, 2.24) is 10.2 Å². The molecular weight excluding hydrogens is 517 g/mol. The number of nitrogens with one attached hydrogen (secondary N) is 2. The van der Waals surface area contributed by atoms with Crippen molar-refractivity contribution < 1.29 is 37.3 Å². The van der Waals surface area contributed by atoms with Crippen LogP contribution in [0.2, 0.25) is 0 Å². The van der Waals surface area contributed by atoms with Gasteiger partial charge in [-0.1, -0.05) is 12.1 Å². The van der Waals surface area contributed by atoms with Gasteiger partial charge in [-0.15, -0.1) is 0 Å². The summed E-state index contributed by atoms with van der Waals surface area (Å²) in [6, 6.07) is 15.5. The summed E-state index contributed by atoms with van der Waals surface area (Å²) in [6.07, 6.45) is -1.21. The molecule has 2 fully saturated rings. The van der Waals surface area contributed by atoms with Crippen LogP contribution in [-0.2, 0) is 10.2 Å². The molecule has 3 atom stereocenters. The van der Waals surface area contributed by atoms with Crippen LogP contribution >= 0.6 is 0 Å². The number of ether oxygens (including phenoxy) is 2. The number of anilines is 1. The molecule has 1 heterocycles. The van der Waals surface area contributed by atoms with Crippen LogP contribution in [0.4, 0.5) is 23.7 Å². The first kappa shape index (κ1) is 29.6. The zero-order chi connectivity index (χ0) is 28.8. The molecule has 1 saturated carbocycles. The third kappa shape index (κ3) is 6.92. The number of nitriles is 1. The minimum atomic E-state index is -5.08. The van der Waals surface area contributed by atoms with Gasteiger partial charge in [-0.2, -0.15) is 18.4 Å². The highest BCUT2D eigenvalue weighted by molar-refractivity contribution is 5.89. The smallest absolute Gasteiger partial charge is 0.490 e. The fourth-order valence-corrected chi connectivity index (χ4v) is 5.41. The number of fused-ring (bicyclic) bond motifs is 1. The molecule has 0 spiro atoms. The summed E-state index contributed by atoms with van der Waals surface area (Å²) < 4.78 is 42.7. The van der Waals surface area contributed by atoms with E-state index in [0.29, 0.717) is 17.3 Å². The second-order valence-corrected chi connectivity index (χ2v) is 9.54. The SMILES string of the molecule is COc1ccc(C23CCC(NC(=O)Nc4cccc(C#N)c4)CC2N(C)CC3)cc1OC.O=C(O)C(F)(F)F. The lowest BCUT2D eigenvalue weighted by atomic mass is 9.65. The summed E-state index contributed by atoms with van der Waals surface area (Å²) in [4.78, 5) is 23.9. The number of urea groups is 1. The second kappa shape index (κ2) is 12.3. The number of hydrogen-bond acceptors (Lipinski definition) is 6. The Labute approximate surface area is 224 Å². The lowest BCUT2D eigenvalue weighted by molar-refractivity contribution is -0.192. The third-order valence-electron chi connectivity index (χ3n) is 7.31. The summed E-state index contributed by atoms with van der Waals surface area (Å²) >= 11 is 0. The molecule has 1 aliphatic carbocycles. The van der Waals surface area contributed by atoms with E-state index in [1.807, 2.05) is 6.07 Å². The van der Waals surface area contributed by atoms with Gasteiger partial charge in [-0.25, -0.2) is 9.59 Å². The Kier molecular flexibility index (Phi) is 9.29. The highest BCUT2D eigenvalue weighted by Gasteiger charge is 2.50. The van der Waals surface area contributed by atoms with E-state index in [1.54, 1.807) is 38.5 Å². The van der Waals surface area contributed by atoms with E-state index in [1.165, 1.54) is 5.56 Å². The zero-order valence-corrected chi connectivity index (χ0v) is 21.8. The predicted octanol–water partition coefficient (Wildman–Crippen LogP) is 4.52. The first-order chi connectivity index (χ1) is 18.4. The van der Waals surface area contributed by atoms with Gasteiger partial charge in [0.1, 0.15) is 0 Å². The van der Waals surface area contributed by atoms with Crippen molar-refractivity contribution in [2.24, 2.45) is 0 Å². The fourth-order valence-electron chi connectivity index (χ4n) is 5.41. The monoisotopic (exact) mass is 548 g/mol. The van der Waals surface area contributed by atoms with Crippen LogP contribution in [0.3, 0.4) is 0 Å². The van der Waals surface area contributed by atoms with E-state index in [9.17, 15) is 18.0 Å². The average molecular weight is 549 g/mol. The lowest BCUT2D eigenvalue weighted by Crippen LogP contribution is -2.52. The molecule has 210 valence electrons. The summed E-state index contributed by atoms with van der Waals surface area (Å²) in [5, 5.41) is 22.2. The number of methoxy groups -OCH3 is 2. The standard InChI is InChI=1S/C25H30N4O3.C2HF3O2/c1-29-12-11-25(18-7-8-21(31-2)22(14-18)32-3)10-9-20(15-23(25)29)28-24(30)27-19-6-4-5-17(13-19)16-26;3-2(4,5)1(6)7/h4-8,13-14,20,23H,9-12,15H2,1-3H3,(H2,27,28,30);(H,6,7). The summed E-state index contributed by atoms with van der Waals surface area (Å²) in [7, 11) is 5.49. The van der Waals surface area contributed by atoms with Crippen LogP contribution in [0, 0.1) is 11.3 Å². The number of carbonyl (C=O) groups excluding carboxylic acids is 1. The highest BCUT2D eigenvalue weighted by atomic mass is 19.4. The Bertz CT molecular complexity index is 1230. The molecule has 39 heavy (non-hydrogen) atoms. The van der Waals surface area contributed by atoms with Gasteiger partial charge in [-0.3, -0.25) is 0 Å². The first-order valence-corrected chi connectivity index (χ1v) is 12.2. The van der Waals surface area contributed by atoms with E-state index in [-0.39, 0.29) is 17.5 Å². The molecule has 3 unspecified atom stereocenters. The number of benzene rings is 2. The molecule has 1 saturated heterocycles. The fraction of sp³-hybridized carbons (Fsp3) is 0.444. The first-order valence-electron chi connectivity index (χ1n) is 12.2. The van der Waals surface area contributed by atoms with Crippen molar-refractivity contribution in [3.8, 4) is 17.6 Å². The van der Waals surface area contributed by atoms with E-state index in [0.717, 1.165) is 43.7 Å². The number of aliphatic carboxylic acids is 1. The maximum atomic E-state index is 12.6. The molecule has 0 radical (unpaired) electrons. The van der Waals surface area contributed by atoms with Crippen LogP contribution in [0.1, 0.15) is 36.8 Å². The Morgan fingerprint density at radius 1 is 1.13 bits per heavy atom. The van der Waals surface area contributed by atoms with E-state index in [2.05, 4.69) is 40.8 Å². The van der Waals surface area contributed by atoms with E-state index in [4.69, 9.17) is 24.6 Å². The van der Waals surface area contributed by atoms with Crippen molar-refractivity contribution in [2.45, 2.75) is 49.4 Å². The van der Waals surface area contributed by atoms with Gasteiger partial charge >= 0.3 is 18.2 Å². The normalized spacial score (nSPS) is 22.4. The van der Waals surface area contributed by atoms with Crippen LogP contribution < -0.4 is 20.1 Å². The third-order valence-corrected chi connectivity index (χ3v) is 7.31. The Balaban J connectivity index is 0.000000532. The maximum Gasteiger partial charge on any atom is 0.490 e. The number of alkyl halides is 3. The number of amides is 2. The van der Waals surface area contributed by atoms with Gasteiger partial charge in [-0.05, 0) is 75.2 Å². The van der Waals surface area contributed by atoms with Crippen LogP contribution in [0.15, 0.2) is 42.5 Å². The molecule has 4 rings (SSSR count). The minimum absolute atomic E-state index is 0.0457. The summed E-state index contributed by atoms with van der Waals surface area (Å²) in [5.74, 6) is -1.26. The number of halogens is 3. The quantitative estimate of drug-likeness (QED) is 0.502. The number of nitrogens with zero attached hydrogens (tertiary/aromatic N) is 2. The predicted molar refractivity (Wildman–Crippen MR) is 137 cm³/mol. The van der Waals surface area contributed by atoms with Crippen molar-refractivity contribution in [1.29, 1.82) is 5.26 Å². The number of hydrogen-bond donors (Lipinski definition) is 3. The van der Waals surface area contributed by atoms with E-state index < -0.39 is 12.1 Å². The molecule has 9 nitrogen and oxygen atoms in total. The van der Waals surface area contributed by atoms with Gasteiger partial charge in [0, 0.05) is 23.2 Å². The molecule has 0 aromatic heterocycles. The molecule has 3 N–H and O–H groups in total. The molecule has 1 aliphatic heterocycles. The van der Waals surface area contributed by atoms with Gasteiger partial charge in [0.15, 0.2) is 11.5 Å². The van der Waals surface area contributed by atoms with Crippen molar-refractivity contribution in [2.75, 3.05) is 33.1 Å². The molecule has 2 aromatic rings. The number of carbonyl (C=O) groups is 2. The molecule has 2 aliphatic rings. The second-order valence-electron chi connectivity index (χ2n) is 9.54. The molecule has 12 heteroatoms. The van der Waals surface area contributed by atoms with Gasteiger partial charge in [0.2, 0.25) is 0 Å². The van der Waals surface area contributed by atoms with Crippen molar-refractivity contribution in [3.05, 3.63) is 53.6 Å². The minimum Gasteiger partial charge on any atom is -0.493 e. The zero-order valence-electron chi connectivity index (χ0n) is 21.8. The number of carboxylic acid groups (broad SMARTS) is 1. The topological polar surface area (TPSA) is 124 Å². The average Bonchev–Trinajstić information content (AvgIpc) is 3.24. The largest absolute Gasteiger partial charge is 0.493 e. The van der Waals surface area contributed by atoms with Gasteiger partial charge < -0.3 is 30.1 Å². The number of likely N-dealkylation sites (N-methyl/N-ethyl adjacent to an activating group) is 1. The van der Waals surface area contributed by atoms with Crippen molar-refractivity contribution in [3.63, 3.8) is 0 Å². The Morgan fingerprint density at radius 2 is 1.82 bits per heavy atom. The van der Waals surface area contributed by atoms with Crippen LogP contribution in [-0.4, -0.2) is 68.1 Å².